The molecule has 3 aliphatic rings. The van der Waals surface area contributed by atoms with Crippen LogP contribution in [0.5, 0.6) is 11.8 Å². The van der Waals surface area contributed by atoms with E-state index in [0.717, 1.165) is 46.3 Å². The number of aromatic nitrogens is 2. The highest BCUT2D eigenvalue weighted by Crippen LogP contribution is 2.40. The van der Waals surface area contributed by atoms with Crippen molar-refractivity contribution in [2.45, 2.75) is 44.2 Å². The van der Waals surface area contributed by atoms with Gasteiger partial charge in [0.2, 0.25) is 5.91 Å². The molecule has 214 valence electrons. The molecule has 1 N–H and O–H groups in total. The maximum atomic E-state index is 12.3. The van der Waals surface area contributed by atoms with Crippen LogP contribution in [0, 0.1) is 0 Å². The average Bonchev–Trinajstić information content (AvgIpc) is 3.30. The highest BCUT2D eigenvalue weighted by Gasteiger charge is 2.34. The summed E-state index contributed by atoms with van der Waals surface area (Å²) in [6.07, 6.45) is 3.36. The number of aromatic hydroxyl groups is 1. The van der Waals surface area contributed by atoms with Gasteiger partial charge in [-0.3, -0.25) is 4.79 Å². The van der Waals surface area contributed by atoms with E-state index in [1.165, 1.54) is 11.0 Å². The van der Waals surface area contributed by atoms with Crippen molar-refractivity contribution in [2.24, 2.45) is 0 Å². The highest BCUT2D eigenvalue weighted by molar-refractivity contribution is 5.88. The second kappa shape index (κ2) is 10.9. The molecule has 3 atom stereocenters. The van der Waals surface area contributed by atoms with Gasteiger partial charge in [0.1, 0.15) is 30.8 Å². The van der Waals surface area contributed by atoms with Crippen LogP contribution in [-0.2, 0) is 22.4 Å². The van der Waals surface area contributed by atoms with E-state index < -0.39 is 0 Å². The lowest BCUT2D eigenvalue weighted by Gasteiger charge is -2.41. The van der Waals surface area contributed by atoms with Gasteiger partial charge in [-0.15, -0.1) is 0 Å². The monoisotopic (exact) mass is 557 g/mol. The molecule has 6 rings (SSSR count). The molecular weight excluding hydrogens is 522 g/mol. The van der Waals surface area contributed by atoms with Crippen LogP contribution in [0.25, 0.3) is 10.8 Å². The van der Waals surface area contributed by atoms with Gasteiger partial charge < -0.3 is 29.3 Å². The Kier molecular flexibility index (Phi) is 7.15. The van der Waals surface area contributed by atoms with Crippen LogP contribution in [0.3, 0.4) is 0 Å². The third kappa shape index (κ3) is 5.14. The van der Waals surface area contributed by atoms with Crippen molar-refractivity contribution in [1.82, 2.24) is 19.8 Å². The number of anilines is 1. The number of cyclic esters (lactones) is 1. The Labute approximate surface area is 239 Å². The predicted octanol–water partition coefficient (Wildman–Crippen LogP) is 3.66. The van der Waals surface area contributed by atoms with Crippen molar-refractivity contribution >= 4 is 28.6 Å². The van der Waals surface area contributed by atoms with Crippen molar-refractivity contribution in [1.29, 1.82) is 0 Å². The van der Waals surface area contributed by atoms with E-state index >= 15 is 0 Å². The fourth-order valence-electron chi connectivity index (χ4n) is 6.27. The van der Waals surface area contributed by atoms with Crippen LogP contribution in [0.1, 0.15) is 36.1 Å². The van der Waals surface area contributed by atoms with Crippen LogP contribution in [-0.4, -0.2) is 88.9 Å². The Balaban J connectivity index is 1.33. The number of fused-ring (bicyclic) bond motifs is 2. The molecule has 3 aromatic rings. The average molecular weight is 558 g/mol. The van der Waals surface area contributed by atoms with E-state index in [9.17, 15) is 14.7 Å². The fourth-order valence-corrected chi connectivity index (χ4v) is 6.27. The van der Waals surface area contributed by atoms with E-state index in [1.807, 2.05) is 29.2 Å². The number of benzene rings is 2. The number of hydrogen-bond donors (Lipinski definition) is 1. The number of amides is 2. The first kappa shape index (κ1) is 26.9. The van der Waals surface area contributed by atoms with Crippen LogP contribution in [0.4, 0.5) is 10.6 Å². The van der Waals surface area contributed by atoms with Gasteiger partial charge in [0, 0.05) is 38.3 Å². The van der Waals surface area contributed by atoms with Gasteiger partial charge in [0.05, 0.1) is 5.69 Å². The third-order valence-electron chi connectivity index (χ3n) is 8.58. The van der Waals surface area contributed by atoms with Crippen LogP contribution >= 0.6 is 0 Å². The molecule has 0 bridgehead atoms. The smallest absolute Gasteiger partial charge is 0.410 e. The zero-order chi connectivity index (χ0) is 28.7. The van der Waals surface area contributed by atoms with Gasteiger partial charge in [-0.05, 0) is 66.6 Å². The Hall–Kier alpha value is -4.34. The molecular formula is C31H35N5O5. The topological polar surface area (TPSA) is 108 Å². The van der Waals surface area contributed by atoms with E-state index in [0.29, 0.717) is 26.1 Å². The number of carbonyl (C=O) groups is 2. The number of hydrogen-bond acceptors (Lipinski definition) is 8. The summed E-state index contributed by atoms with van der Waals surface area (Å²) >= 11 is 0. The molecule has 2 aromatic carbocycles. The molecule has 1 unspecified atom stereocenters. The summed E-state index contributed by atoms with van der Waals surface area (Å²) < 4.78 is 11.2. The highest BCUT2D eigenvalue weighted by atomic mass is 16.6. The van der Waals surface area contributed by atoms with Gasteiger partial charge in [-0.25, -0.2) is 4.79 Å². The molecule has 2 amide bonds. The van der Waals surface area contributed by atoms with Gasteiger partial charge in [-0.2, -0.15) is 9.97 Å². The molecule has 10 heteroatoms. The van der Waals surface area contributed by atoms with Gasteiger partial charge in [0.15, 0.2) is 0 Å². The molecule has 10 nitrogen and oxygen atoms in total. The summed E-state index contributed by atoms with van der Waals surface area (Å²) in [6.45, 7) is 8.00. The van der Waals surface area contributed by atoms with Crippen LogP contribution in [0.2, 0.25) is 0 Å². The number of nitrogens with zero attached hydrogens (tertiary/aromatic N) is 5. The first-order valence-electron chi connectivity index (χ1n) is 14.1. The molecule has 0 saturated carbocycles. The molecule has 2 saturated heterocycles. The Morgan fingerprint density at radius 2 is 2.07 bits per heavy atom. The molecule has 1 aliphatic carbocycles. The van der Waals surface area contributed by atoms with Gasteiger partial charge in [0.25, 0.3) is 0 Å². The van der Waals surface area contributed by atoms with Crippen LogP contribution < -0.4 is 9.64 Å². The zero-order valence-electron chi connectivity index (χ0n) is 23.5. The van der Waals surface area contributed by atoms with Crippen molar-refractivity contribution < 1.29 is 24.2 Å². The van der Waals surface area contributed by atoms with E-state index in [1.54, 1.807) is 13.1 Å². The summed E-state index contributed by atoms with van der Waals surface area (Å²) in [6, 6.07) is 11.9. The normalized spacial score (nSPS) is 22.4. The van der Waals surface area contributed by atoms with E-state index in [4.69, 9.17) is 19.4 Å². The lowest BCUT2D eigenvalue weighted by atomic mass is 9.80. The minimum Gasteiger partial charge on any atom is -0.508 e. The number of carbonyl (C=O) groups excluding carboxylic acids is 2. The number of ether oxygens (including phenoxy) is 2. The van der Waals surface area contributed by atoms with Gasteiger partial charge >= 0.3 is 12.1 Å². The van der Waals surface area contributed by atoms with Crippen molar-refractivity contribution in [3.63, 3.8) is 0 Å². The molecule has 2 aliphatic heterocycles. The summed E-state index contributed by atoms with van der Waals surface area (Å²) in [7, 11) is 1.69. The van der Waals surface area contributed by atoms with Crippen molar-refractivity contribution in [3.05, 3.63) is 65.9 Å². The molecule has 0 spiro atoms. The lowest BCUT2D eigenvalue weighted by Crippen LogP contribution is -2.54. The quantitative estimate of drug-likeness (QED) is 0.458. The number of phenolic OH excluding ortho intramolecular Hbond substituents is 1. The van der Waals surface area contributed by atoms with Crippen LogP contribution in [0.15, 0.2) is 49.1 Å². The Morgan fingerprint density at radius 3 is 2.83 bits per heavy atom. The summed E-state index contributed by atoms with van der Waals surface area (Å²) in [5.74, 6) is 1.20. The maximum absolute atomic E-state index is 12.3. The zero-order valence-corrected chi connectivity index (χ0v) is 23.5. The molecule has 1 aromatic heterocycles. The summed E-state index contributed by atoms with van der Waals surface area (Å²) in [5, 5.41) is 12.6. The minimum atomic E-state index is -0.368. The molecule has 41 heavy (non-hydrogen) atoms. The standard InChI is InChI=1S/C31H35N5O5/c1-4-28(38)35-11-12-36(19(2)16-35)29-25-10-9-21(26-15-23(37)13-20-7-5-6-8-24(20)26)14-27(25)32-30(33-29)40-17-22-18-41-31(39)34(22)3/h4-8,13,15,19,21-22,37H,1,9-12,14,16-18H2,2-3H3/t19-,21-,22?/m0/s1. The Bertz CT molecular complexity index is 1510. The second-order valence-electron chi connectivity index (χ2n) is 11.1. The maximum Gasteiger partial charge on any atom is 0.410 e. The second-order valence-corrected chi connectivity index (χ2v) is 11.1. The number of phenols is 1. The number of rotatable bonds is 6. The number of likely N-dealkylation sites (N-methyl/N-ethyl adjacent to an activating group) is 1. The Morgan fingerprint density at radius 1 is 1.24 bits per heavy atom. The van der Waals surface area contributed by atoms with E-state index in [2.05, 4.69) is 24.5 Å². The lowest BCUT2D eigenvalue weighted by molar-refractivity contribution is -0.126. The summed E-state index contributed by atoms with van der Waals surface area (Å²) in [5.41, 5.74) is 3.14. The minimum absolute atomic E-state index is 0.0409. The van der Waals surface area contributed by atoms with E-state index in [-0.39, 0.29) is 55.0 Å². The van der Waals surface area contributed by atoms with Gasteiger partial charge in [-0.1, -0.05) is 30.8 Å². The third-order valence-corrected chi connectivity index (χ3v) is 8.58. The molecule has 3 heterocycles. The SMILES string of the molecule is C=CC(=O)N1CCN(c2nc(OCC3COC(=O)N3C)nc3c2CC[C@H](c2cc(O)cc4ccccc24)C3)[C@@H](C)C1. The summed E-state index contributed by atoms with van der Waals surface area (Å²) in [4.78, 5) is 39.5. The predicted molar refractivity (Wildman–Crippen MR) is 154 cm³/mol. The fraction of sp³-hybridized carbons (Fsp3) is 0.419. The first-order valence-corrected chi connectivity index (χ1v) is 14.1. The molecule has 2 fully saturated rings. The first-order chi connectivity index (χ1) is 19.8. The van der Waals surface area contributed by atoms with Crippen molar-refractivity contribution in [3.8, 4) is 11.8 Å². The largest absolute Gasteiger partial charge is 0.508 e. The van der Waals surface area contributed by atoms with Crippen molar-refractivity contribution in [2.75, 3.05) is 44.8 Å². The molecule has 0 radical (unpaired) electrons. The number of piperazine rings is 1.